The van der Waals surface area contributed by atoms with E-state index in [1.54, 1.807) is 7.05 Å². The molecule has 0 aliphatic rings. The van der Waals surface area contributed by atoms with Gasteiger partial charge in [0.05, 0.1) is 0 Å². The molecule has 1 radical (unpaired) electrons. The van der Waals surface area contributed by atoms with Crippen molar-refractivity contribution in [1.82, 2.24) is 0 Å². The summed E-state index contributed by atoms with van der Waals surface area (Å²) in [6, 6.07) is 0. The summed E-state index contributed by atoms with van der Waals surface area (Å²) in [7, 11) is 1.81. The summed E-state index contributed by atoms with van der Waals surface area (Å²) in [5, 5.41) is 3.74. The maximum Gasteiger partial charge on any atom is 0 e. The van der Waals surface area contributed by atoms with Crippen molar-refractivity contribution in [3.63, 3.8) is 0 Å². The van der Waals surface area contributed by atoms with Crippen LogP contribution in [0.1, 0.15) is 6.92 Å². The van der Waals surface area contributed by atoms with E-state index in [1.165, 1.54) is 0 Å². The topological polar surface area (TPSA) is 14.1 Å². The van der Waals surface area contributed by atoms with Crippen LogP contribution in [0.2, 0.25) is 0 Å². The fraction of sp³-hybridized carbons (Fsp3) is 1.00. The zero-order valence-electron chi connectivity index (χ0n) is 4.23. The Morgan fingerprint density at radius 1 is 1.50 bits per heavy atom. The number of hydrogen-bond donors (Lipinski definition) is 0. The second-order valence-corrected chi connectivity index (χ2v) is 0.632. The molecule has 6 heavy (non-hydrogen) atoms. The van der Waals surface area contributed by atoms with Crippen LogP contribution in [0.25, 0.3) is 5.32 Å². The van der Waals surface area contributed by atoms with Crippen molar-refractivity contribution >= 4 is 0 Å². The average molecular weight is 245 g/mol. The third-order valence-corrected chi connectivity index (χ3v) is 0.316. The standard InChI is InChI=1S/C3H8N.La.Ti/c1-3-4-2;;/h3H2,1-2H3;;/q-1;;. The van der Waals surface area contributed by atoms with Gasteiger partial charge in [-0.25, -0.2) is 0 Å². The molecule has 1 nitrogen and oxygen atoms in total. The molecular formula is C3H8LaNTi-. The molecule has 3 heteroatoms. The molecule has 0 bridgehead atoms. The van der Waals surface area contributed by atoms with Crippen LogP contribution in [-0.4, -0.2) is 13.6 Å². The van der Waals surface area contributed by atoms with E-state index in [2.05, 4.69) is 5.32 Å². The van der Waals surface area contributed by atoms with Gasteiger partial charge in [0.25, 0.3) is 0 Å². The Kier molecular flexibility index (Phi) is 41.3. The van der Waals surface area contributed by atoms with Gasteiger partial charge >= 0.3 is 0 Å². The van der Waals surface area contributed by atoms with Gasteiger partial charge in [0.15, 0.2) is 0 Å². The number of rotatable bonds is 1. The predicted octanol–water partition coefficient (Wildman–Crippen LogP) is 1.01. The second-order valence-electron chi connectivity index (χ2n) is 0.632. The van der Waals surface area contributed by atoms with Crippen molar-refractivity contribution in [2.45, 2.75) is 6.92 Å². The zero-order valence-corrected chi connectivity index (χ0v) is 9.42. The van der Waals surface area contributed by atoms with Crippen molar-refractivity contribution in [3.05, 3.63) is 5.32 Å². The molecule has 0 aromatic heterocycles. The molecule has 33 valence electrons. The van der Waals surface area contributed by atoms with Crippen LogP contribution in [-0.2, 0) is 21.7 Å². The van der Waals surface area contributed by atoms with Gasteiger partial charge in [-0.2, -0.15) is 13.6 Å². The molecule has 0 fully saturated rings. The quantitative estimate of drug-likeness (QED) is 0.612. The summed E-state index contributed by atoms with van der Waals surface area (Å²) >= 11 is 0. The molecule has 0 unspecified atom stereocenters. The average Bonchev–Trinajstić information content (AvgIpc) is 1.37. The minimum atomic E-state index is 0. The fourth-order valence-electron chi connectivity index (χ4n) is 0. The zero-order chi connectivity index (χ0) is 3.41. The van der Waals surface area contributed by atoms with Crippen LogP contribution in [0.3, 0.4) is 0 Å². The molecule has 0 heterocycles. The summed E-state index contributed by atoms with van der Waals surface area (Å²) in [5.41, 5.74) is 0. The monoisotopic (exact) mass is 245 g/mol. The van der Waals surface area contributed by atoms with Gasteiger partial charge in [-0.15, -0.1) is 0 Å². The Balaban J connectivity index is -0.0000000450. The van der Waals surface area contributed by atoms with E-state index in [4.69, 9.17) is 0 Å². The molecule has 0 aromatic carbocycles. The van der Waals surface area contributed by atoms with E-state index in [9.17, 15) is 0 Å². The normalized spacial score (nSPS) is 5.00. The molecule has 0 aliphatic heterocycles. The van der Waals surface area contributed by atoms with E-state index in [1.807, 2.05) is 6.92 Å². The van der Waals surface area contributed by atoms with Crippen LogP contribution in [0.4, 0.5) is 0 Å². The van der Waals surface area contributed by atoms with Crippen molar-refractivity contribution in [1.29, 1.82) is 0 Å². The van der Waals surface area contributed by atoms with Crippen LogP contribution in [0.15, 0.2) is 0 Å². The number of hydrogen-bond acceptors (Lipinski definition) is 0. The van der Waals surface area contributed by atoms with Gasteiger partial charge in [0.2, 0.25) is 0 Å². The van der Waals surface area contributed by atoms with Gasteiger partial charge in [-0.05, 0) is 0 Å². The van der Waals surface area contributed by atoms with E-state index in [0.717, 1.165) is 6.54 Å². The summed E-state index contributed by atoms with van der Waals surface area (Å²) in [6.45, 7) is 2.96. The van der Waals surface area contributed by atoms with Crippen LogP contribution >= 0.6 is 0 Å². The van der Waals surface area contributed by atoms with E-state index >= 15 is 0 Å². The SMILES string of the molecule is CC[N-]C.[La].[Ti]. The fourth-order valence-corrected chi connectivity index (χ4v) is 0. The van der Waals surface area contributed by atoms with Crippen molar-refractivity contribution in [2.75, 3.05) is 13.6 Å². The summed E-state index contributed by atoms with van der Waals surface area (Å²) in [5.74, 6) is 0. The minimum absolute atomic E-state index is 0. The Labute approximate surface area is 82.1 Å². The first kappa shape index (κ1) is 15.7. The molecule has 0 amide bonds. The third-order valence-electron chi connectivity index (χ3n) is 0.316. The Morgan fingerprint density at radius 2 is 1.67 bits per heavy atom. The third kappa shape index (κ3) is 16.9. The molecule has 0 rings (SSSR count). The number of nitrogens with zero attached hydrogens (tertiary/aromatic N) is 1. The molecule has 0 spiro atoms. The maximum atomic E-state index is 3.74. The molecule has 0 saturated carbocycles. The Bertz CT molecular complexity index is 12.8. The van der Waals surface area contributed by atoms with Crippen LogP contribution in [0, 0.1) is 35.6 Å². The molecule has 0 N–H and O–H groups in total. The van der Waals surface area contributed by atoms with Gasteiger partial charge in [-0.3, -0.25) is 0 Å². The Hall–Kier alpha value is 1.87. The van der Waals surface area contributed by atoms with E-state index < -0.39 is 0 Å². The Morgan fingerprint density at radius 3 is 1.67 bits per heavy atom. The first-order chi connectivity index (χ1) is 1.91. The molecule has 0 aliphatic carbocycles. The first-order valence-corrected chi connectivity index (χ1v) is 1.47. The largest absolute Gasteiger partial charge is 0.665 e. The van der Waals surface area contributed by atoms with Gasteiger partial charge < -0.3 is 5.32 Å². The van der Waals surface area contributed by atoms with Crippen molar-refractivity contribution < 1.29 is 57.3 Å². The van der Waals surface area contributed by atoms with Gasteiger partial charge in [-0.1, -0.05) is 6.92 Å². The summed E-state index contributed by atoms with van der Waals surface area (Å²) in [4.78, 5) is 0. The van der Waals surface area contributed by atoms with Gasteiger partial charge in [0, 0.05) is 57.3 Å². The molecule has 0 saturated heterocycles. The van der Waals surface area contributed by atoms with Crippen LogP contribution in [0.5, 0.6) is 0 Å². The predicted molar refractivity (Wildman–Crippen MR) is 19.8 cm³/mol. The van der Waals surface area contributed by atoms with E-state index in [0.29, 0.717) is 0 Å². The van der Waals surface area contributed by atoms with Crippen molar-refractivity contribution in [3.8, 4) is 0 Å². The maximum absolute atomic E-state index is 3.74. The van der Waals surface area contributed by atoms with Crippen LogP contribution < -0.4 is 0 Å². The molecule has 0 aromatic rings. The minimum Gasteiger partial charge on any atom is -0.665 e. The van der Waals surface area contributed by atoms with Crippen molar-refractivity contribution in [2.24, 2.45) is 0 Å². The summed E-state index contributed by atoms with van der Waals surface area (Å²) < 4.78 is 0. The first-order valence-electron chi connectivity index (χ1n) is 1.47. The smallest absolute Gasteiger partial charge is 0 e. The van der Waals surface area contributed by atoms with E-state index in [-0.39, 0.29) is 57.3 Å². The second kappa shape index (κ2) is 15.8. The summed E-state index contributed by atoms with van der Waals surface area (Å²) in [6.07, 6.45) is 0. The molecular weight excluding hydrogens is 237 g/mol. The van der Waals surface area contributed by atoms with Gasteiger partial charge in [0.1, 0.15) is 0 Å². The molecule has 0 atom stereocenters.